The molecule has 0 saturated carbocycles. The number of benzene rings is 2. The second-order valence-corrected chi connectivity index (χ2v) is 7.66. The van der Waals surface area contributed by atoms with Gasteiger partial charge in [0.1, 0.15) is 11.4 Å². The molecule has 2 aromatic carbocycles. The van der Waals surface area contributed by atoms with Crippen LogP contribution in [-0.4, -0.2) is 43.5 Å². The average Bonchev–Trinajstić information content (AvgIpc) is 3.38. The molecule has 4 rings (SSSR count). The first-order chi connectivity index (χ1) is 14.6. The van der Waals surface area contributed by atoms with E-state index in [9.17, 15) is 9.59 Å². The highest BCUT2D eigenvalue weighted by Crippen LogP contribution is 2.31. The van der Waals surface area contributed by atoms with Crippen molar-refractivity contribution in [3.05, 3.63) is 59.8 Å². The van der Waals surface area contributed by atoms with E-state index in [1.807, 2.05) is 43.3 Å². The molecule has 0 bridgehead atoms. The van der Waals surface area contributed by atoms with Crippen LogP contribution >= 0.6 is 0 Å². The van der Waals surface area contributed by atoms with Gasteiger partial charge in [-0.1, -0.05) is 19.1 Å². The van der Waals surface area contributed by atoms with Crippen molar-refractivity contribution >= 4 is 28.8 Å². The van der Waals surface area contributed by atoms with Crippen LogP contribution in [0.25, 0.3) is 5.57 Å². The number of nitrogens with zero attached hydrogens (tertiary/aromatic N) is 2. The van der Waals surface area contributed by atoms with Gasteiger partial charge in [0.25, 0.3) is 11.8 Å². The van der Waals surface area contributed by atoms with E-state index in [1.54, 1.807) is 0 Å². The Balaban J connectivity index is 1.60. The predicted octanol–water partition coefficient (Wildman–Crippen LogP) is 3.90. The van der Waals surface area contributed by atoms with Crippen molar-refractivity contribution in [3.63, 3.8) is 0 Å². The Morgan fingerprint density at radius 3 is 2.23 bits per heavy atom. The first-order valence-electron chi connectivity index (χ1n) is 10.5. The second-order valence-electron chi connectivity index (χ2n) is 7.66. The number of hydrogen-bond acceptors (Lipinski definition) is 5. The van der Waals surface area contributed by atoms with E-state index in [0.29, 0.717) is 23.4 Å². The van der Waals surface area contributed by atoms with Gasteiger partial charge in [0.15, 0.2) is 0 Å². The molecule has 0 aromatic heterocycles. The lowest BCUT2D eigenvalue weighted by Crippen LogP contribution is -2.27. The molecule has 0 aliphatic carbocycles. The van der Waals surface area contributed by atoms with Crippen molar-refractivity contribution < 1.29 is 14.3 Å². The van der Waals surface area contributed by atoms with E-state index in [1.165, 1.54) is 25.6 Å². The SMILES string of the molecule is CCCOc1ccc(C2=C(Nc3ccc(N4CCCC4)cc3)C(=O)N(C)C2=O)cc1. The molecule has 30 heavy (non-hydrogen) atoms. The molecule has 0 spiro atoms. The van der Waals surface area contributed by atoms with Gasteiger partial charge in [-0.2, -0.15) is 0 Å². The van der Waals surface area contributed by atoms with Crippen LogP contribution in [0.1, 0.15) is 31.7 Å². The molecule has 2 aromatic rings. The van der Waals surface area contributed by atoms with Crippen LogP contribution < -0.4 is 15.0 Å². The lowest BCUT2D eigenvalue weighted by molar-refractivity contribution is -0.135. The molecule has 2 aliphatic heterocycles. The lowest BCUT2D eigenvalue weighted by atomic mass is 10.0. The van der Waals surface area contributed by atoms with Crippen LogP contribution in [0.2, 0.25) is 0 Å². The number of nitrogens with one attached hydrogen (secondary N) is 1. The monoisotopic (exact) mass is 405 g/mol. The maximum absolute atomic E-state index is 12.8. The molecule has 156 valence electrons. The molecule has 0 unspecified atom stereocenters. The van der Waals surface area contributed by atoms with Crippen LogP contribution in [0, 0.1) is 0 Å². The van der Waals surface area contributed by atoms with E-state index >= 15 is 0 Å². The highest BCUT2D eigenvalue weighted by molar-refractivity contribution is 6.36. The van der Waals surface area contributed by atoms with Gasteiger partial charge >= 0.3 is 0 Å². The Bertz CT molecular complexity index is 958. The third-order valence-electron chi connectivity index (χ3n) is 5.51. The summed E-state index contributed by atoms with van der Waals surface area (Å²) in [4.78, 5) is 29.0. The molecule has 1 N–H and O–H groups in total. The normalized spacial score (nSPS) is 16.6. The molecule has 2 amide bonds. The molecule has 2 heterocycles. The Morgan fingerprint density at radius 1 is 0.933 bits per heavy atom. The summed E-state index contributed by atoms with van der Waals surface area (Å²) < 4.78 is 5.62. The molecular weight excluding hydrogens is 378 g/mol. The smallest absolute Gasteiger partial charge is 0.277 e. The van der Waals surface area contributed by atoms with E-state index in [-0.39, 0.29) is 11.8 Å². The summed E-state index contributed by atoms with van der Waals surface area (Å²) in [5.74, 6) is 0.113. The predicted molar refractivity (Wildman–Crippen MR) is 118 cm³/mol. The topological polar surface area (TPSA) is 61.9 Å². The van der Waals surface area contributed by atoms with Crippen LogP contribution in [-0.2, 0) is 9.59 Å². The number of rotatable bonds is 7. The fourth-order valence-electron chi connectivity index (χ4n) is 3.84. The minimum Gasteiger partial charge on any atom is -0.494 e. The largest absolute Gasteiger partial charge is 0.494 e. The standard InChI is InChI=1S/C24H27N3O3/c1-3-16-30-20-12-6-17(7-13-20)21-22(24(29)26(2)23(21)28)25-18-8-10-19(11-9-18)27-14-4-5-15-27/h6-13,25H,3-5,14-16H2,1-2H3. The maximum atomic E-state index is 12.8. The fourth-order valence-corrected chi connectivity index (χ4v) is 3.84. The Kier molecular flexibility index (Phi) is 5.74. The van der Waals surface area contributed by atoms with Crippen molar-refractivity contribution in [3.8, 4) is 5.75 Å². The van der Waals surface area contributed by atoms with Crippen LogP contribution in [0.15, 0.2) is 54.2 Å². The van der Waals surface area contributed by atoms with Gasteiger partial charge in [-0.05, 0) is 61.2 Å². The molecule has 2 aliphatic rings. The van der Waals surface area contributed by atoms with Gasteiger partial charge in [-0.3, -0.25) is 14.5 Å². The summed E-state index contributed by atoms with van der Waals surface area (Å²) in [7, 11) is 1.51. The summed E-state index contributed by atoms with van der Waals surface area (Å²) in [5, 5.41) is 3.18. The number of anilines is 2. The van der Waals surface area contributed by atoms with Gasteiger partial charge in [0.2, 0.25) is 0 Å². The van der Waals surface area contributed by atoms with Crippen molar-refractivity contribution in [2.75, 3.05) is 37.0 Å². The van der Waals surface area contributed by atoms with E-state index in [2.05, 4.69) is 22.3 Å². The molecule has 1 fully saturated rings. The minimum absolute atomic E-state index is 0.304. The van der Waals surface area contributed by atoms with Crippen LogP contribution in [0.3, 0.4) is 0 Å². The minimum atomic E-state index is -0.329. The summed E-state index contributed by atoms with van der Waals surface area (Å²) >= 11 is 0. The van der Waals surface area contributed by atoms with Crippen molar-refractivity contribution in [1.29, 1.82) is 0 Å². The molecule has 6 nitrogen and oxygen atoms in total. The van der Waals surface area contributed by atoms with Gasteiger partial charge in [-0.25, -0.2) is 0 Å². The van der Waals surface area contributed by atoms with Gasteiger partial charge in [0.05, 0.1) is 12.2 Å². The zero-order valence-corrected chi connectivity index (χ0v) is 17.5. The van der Waals surface area contributed by atoms with E-state index < -0.39 is 0 Å². The average molecular weight is 405 g/mol. The van der Waals surface area contributed by atoms with Crippen molar-refractivity contribution in [1.82, 2.24) is 4.90 Å². The number of amides is 2. The number of hydrogen-bond donors (Lipinski definition) is 1. The fraction of sp³-hybridized carbons (Fsp3) is 0.333. The third-order valence-corrected chi connectivity index (χ3v) is 5.51. The van der Waals surface area contributed by atoms with Gasteiger partial charge < -0.3 is 15.0 Å². The highest BCUT2D eigenvalue weighted by atomic mass is 16.5. The summed E-state index contributed by atoms with van der Waals surface area (Å²) in [6, 6.07) is 15.3. The van der Waals surface area contributed by atoms with Gasteiger partial charge in [-0.15, -0.1) is 0 Å². The van der Waals surface area contributed by atoms with E-state index in [4.69, 9.17) is 4.74 Å². The summed E-state index contributed by atoms with van der Waals surface area (Å²) in [6.45, 7) is 4.85. The molecule has 1 saturated heterocycles. The quantitative estimate of drug-likeness (QED) is 0.708. The summed E-state index contributed by atoms with van der Waals surface area (Å²) in [5.41, 5.74) is 3.34. The van der Waals surface area contributed by atoms with Crippen molar-refractivity contribution in [2.24, 2.45) is 0 Å². The Labute approximate surface area is 177 Å². The number of ether oxygens (including phenoxy) is 1. The molecule has 6 heteroatoms. The second kappa shape index (κ2) is 8.61. The zero-order valence-electron chi connectivity index (χ0n) is 17.5. The first-order valence-corrected chi connectivity index (χ1v) is 10.5. The Hall–Kier alpha value is -3.28. The molecule has 0 atom stereocenters. The molecular formula is C24H27N3O3. The van der Waals surface area contributed by atoms with Crippen molar-refractivity contribution in [2.45, 2.75) is 26.2 Å². The third kappa shape index (κ3) is 3.90. The van der Waals surface area contributed by atoms with Crippen LogP contribution in [0.5, 0.6) is 5.75 Å². The Morgan fingerprint density at radius 2 is 1.60 bits per heavy atom. The highest BCUT2D eigenvalue weighted by Gasteiger charge is 2.36. The zero-order chi connectivity index (χ0) is 21.1. The van der Waals surface area contributed by atoms with Gasteiger partial charge in [0, 0.05) is 31.5 Å². The first kappa shape index (κ1) is 20.0. The number of carbonyl (C=O) groups is 2. The molecule has 0 radical (unpaired) electrons. The number of imide groups is 1. The number of likely N-dealkylation sites (N-methyl/N-ethyl adjacent to an activating group) is 1. The number of carbonyl (C=O) groups excluding carboxylic acids is 2. The van der Waals surface area contributed by atoms with E-state index in [0.717, 1.165) is 35.8 Å². The summed E-state index contributed by atoms with van der Waals surface area (Å²) in [6.07, 6.45) is 3.37. The maximum Gasteiger partial charge on any atom is 0.277 e. The lowest BCUT2D eigenvalue weighted by Gasteiger charge is -2.18. The van der Waals surface area contributed by atoms with Crippen LogP contribution in [0.4, 0.5) is 11.4 Å².